The molecule has 0 aromatic carbocycles. The van der Waals surface area contributed by atoms with Crippen molar-refractivity contribution >= 4 is 0 Å². The van der Waals surface area contributed by atoms with Crippen LogP contribution in [-0.2, 0) is 0 Å². The van der Waals surface area contributed by atoms with E-state index in [9.17, 15) is 0 Å². The van der Waals surface area contributed by atoms with E-state index in [4.69, 9.17) is 0 Å². The first kappa shape index (κ1) is 22.6. The standard InChI is InChI=1S/C29H46/c1-7-28(4,5)20-9-8-15-26-18-19-27-25(14-11-21-29(26,27)6)17-16-24-13-10-12-22(2)23(24)3/h8-9,16-17,22,26-27H,3,7,10-15,18-21H2,1-2,4-6H3/b9-8+,24-16-,25-17+. The van der Waals surface area contributed by atoms with Gasteiger partial charge in [-0.3, -0.25) is 0 Å². The normalized spacial score (nSPS) is 36.3. The highest BCUT2D eigenvalue weighted by atomic mass is 14.5. The topological polar surface area (TPSA) is 0 Å². The van der Waals surface area contributed by atoms with E-state index < -0.39 is 0 Å². The Morgan fingerprint density at radius 2 is 1.86 bits per heavy atom. The summed E-state index contributed by atoms with van der Waals surface area (Å²) in [6.45, 7) is 16.4. The maximum Gasteiger partial charge on any atom is -0.0143 e. The van der Waals surface area contributed by atoms with Gasteiger partial charge in [-0.2, -0.15) is 0 Å². The molecule has 0 saturated heterocycles. The van der Waals surface area contributed by atoms with Gasteiger partial charge in [-0.1, -0.05) is 77.5 Å². The van der Waals surface area contributed by atoms with E-state index >= 15 is 0 Å². The Morgan fingerprint density at radius 3 is 2.62 bits per heavy atom. The smallest absolute Gasteiger partial charge is 0.0143 e. The maximum absolute atomic E-state index is 4.39. The number of fused-ring (bicyclic) bond motifs is 1. The summed E-state index contributed by atoms with van der Waals surface area (Å²) >= 11 is 0. The molecule has 0 spiro atoms. The first-order chi connectivity index (χ1) is 13.8. The van der Waals surface area contributed by atoms with E-state index in [0.717, 1.165) is 11.8 Å². The molecular weight excluding hydrogens is 348 g/mol. The molecule has 0 aromatic rings. The lowest BCUT2D eigenvalue weighted by atomic mass is 9.63. The lowest BCUT2D eigenvalue weighted by Gasteiger charge is -2.42. The van der Waals surface area contributed by atoms with Crippen molar-refractivity contribution in [3.63, 3.8) is 0 Å². The molecule has 0 aliphatic heterocycles. The van der Waals surface area contributed by atoms with Gasteiger partial charge in [0.05, 0.1) is 0 Å². The van der Waals surface area contributed by atoms with Crippen molar-refractivity contribution in [2.45, 2.75) is 105 Å². The zero-order valence-corrected chi connectivity index (χ0v) is 20.0. The Balaban J connectivity index is 1.66. The van der Waals surface area contributed by atoms with Crippen molar-refractivity contribution in [3.05, 3.63) is 47.6 Å². The molecule has 3 rings (SSSR count). The molecule has 0 heterocycles. The van der Waals surface area contributed by atoms with Gasteiger partial charge in [-0.05, 0) is 104 Å². The predicted octanol–water partition coefficient (Wildman–Crippen LogP) is 9.20. The molecule has 0 amide bonds. The van der Waals surface area contributed by atoms with E-state index in [1.807, 2.05) is 0 Å². The molecule has 0 heteroatoms. The molecular formula is C29H46. The van der Waals surface area contributed by atoms with Crippen LogP contribution in [0.4, 0.5) is 0 Å². The van der Waals surface area contributed by atoms with Gasteiger partial charge in [0.2, 0.25) is 0 Å². The Morgan fingerprint density at radius 1 is 1.07 bits per heavy atom. The second-order valence-corrected chi connectivity index (χ2v) is 11.4. The highest BCUT2D eigenvalue weighted by Gasteiger charge is 2.48. The van der Waals surface area contributed by atoms with Gasteiger partial charge in [-0.25, -0.2) is 0 Å². The highest BCUT2D eigenvalue weighted by molar-refractivity contribution is 5.36. The molecule has 4 unspecified atom stereocenters. The van der Waals surface area contributed by atoms with Gasteiger partial charge in [-0.15, -0.1) is 0 Å². The SMILES string of the molecule is C=C1/C(=C\C=C2/CCCC3(C)C(C/C=C/CC(C)(C)CC)CCC23)CCCC1C. The van der Waals surface area contributed by atoms with Gasteiger partial charge in [0, 0.05) is 0 Å². The summed E-state index contributed by atoms with van der Waals surface area (Å²) in [6, 6.07) is 0. The van der Waals surface area contributed by atoms with E-state index in [1.54, 1.807) is 5.57 Å². The second kappa shape index (κ2) is 9.40. The summed E-state index contributed by atoms with van der Waals surface area (Å²) in [5.74, 6) is 2.35. The van der Waals surface area contributed by atoms with Crippen molar-refractivity contribution in [1.82, 2.24) is 0 Å². The Labute approximate surface area is 181 Å². The van der Waals surface area contributed by atoms with Crippen molar-refractivity contribution in [1.29, 1.82) is 0 Å². The molecule has 0 N–H and O–H groups in total. The van der Waals surface area contributed by atoms with Gasteiger partial charge >= 0.3 is 0 Å². The first-order valence-electron chi connectivity index (χ1n) is 12.5. The summed E-state index contributed by atoms with van der Waals surface area (Å²) in [5, 5.41) is 0. The first-order valence-corrected chi connectivity index (χ1v) is 12.5. The zero-order valence-electron chi connectivity index (χ0n) is 20.0. The maximum atomic E-state index is 4.39. The van der Waals surface area contributed by atoms with Crippen LogP contribution in [0.2, 0.25) is 0 Å². The quantitative estimate of drug-likeness (QED) is 0.394. The van der Waals surface area contributed by atoms with E-state index in [-0.39, 0.29) is 0 Å². The molecule has 0 aromatic heterocycles. The van der Waals surface area contributed by atoms with Crippen molar-refractivity contribution < 1.29 is 0 Å². The molecule has 3 saturated carbocycles. The minimum atomic E-state index is 0.452. The number of rotatable bonds is 6. The molecule has 0 nitrogen and oxygen atoms in total. The van der Waals surface area contributed by atoms with Gasteiger partial charge in [0.1, 0.15) is 0 Å². The largest absolute Gasteiger partial charge is 0.0953 e. The molecule has 0 bridgehead atoms. The molecule has 3 aliphatic carbocycles. The van der Waals surface area contributed by atoms with Crippen LogP contribution < -0.4 is 0 Å². The van der Waals surface area contributed by atoms with E-state index in [1.165, 1.54) is 81.8 Å². The van der Waals surface area contributed by atoms with Crippen LogP contribution in [0.1, 0.15) is 105 Å². The lowest BCUT2D eigenvalue weighted by molar-refractivity contribution is 0.137. The zero-order chi connectivity index (χ0) is 21.1. The summed E-state index contributed by atoms with van der Waals surface area (Å²) in [7, 11) is 0. The van der Waals surface area contributed by atoms with Crippen molar-refractivity contribution in [2.75, 3.05) is 0 Å². The summed E-state index contributed by atoms with van der Waals surface area (Å²) in [6.07, 6.45) is 24.6. The summed E-state index contributed by atoms with van der Waals surface area (Å²) in [4.78, 5) is 0. The molecule has 0 radical (unpaired) electrons. The molecule has 162 valence electrons. The van der Waals surface area contributed by atoms with Crippen LogP contribution in [0.5, 0.6) is 0 Å². The van der Waals surface area contributed by atoms with Crippen LogP contribution in [-0.4, -0.2) is 0 Å². The number of hydrogen-bond donors (Lipinski definition) is 0. The Bertz CT molecular complexity index is 670. The van der Waals surface area contributed by atoms with Crippen LogP contribution >= 0.6 is 0 Å². The van der Waals surface area contributed by atoms with Crippen LogP contribution in [0.3, 0.4) is 0 Å². The fourth-order valence-electron chi connectivity index (χ4n) is 6.19. The third-order valence-electron chi connectivity index (χ3n) is 8.96. The highest BCUT2D eigenvalue weighted by Crippen LogP contribution is 2.58. The van der Waals surface area contributed by atoms with Crippen LogP contribution in [0.15, 0.2) is 47.6 Å². The number of allylic oxidation sites excluding steroid dienone is 7. The lowest BCUT2D eigenvalue weighted by Crippen LogP contribution is -2.33. The number of hydrogen-bond acceptors (Lipinski definition) is 0. The van der Waals surface area contributed by atoms with E-state index in [2.05, 4.69) is 65.5 Å². The average Bonchev–Trinajstić information content (AvgIpc) is 3.03. The molecule has 4 atom stereocenters. The minimum absolute atomic E-state index is 0.452. The third kappa shape index (κ3) is 5.18. The fraction of sp³-hybridized carbons (Fsp3) is 0.724. The van der Waals surface area contributed by atoms with Crippen molar-refractivity contribution in [2.24, 2.45) is 28.6 Å². The van der Waals surface area contributed by atoms with Crippen LogP contribution in [0, 0.1) is 28.6 Å². The molecule has 29 heavy (non-hydrogen) atoms. The molecule has 3 aliphatic rings. The third-order valence-corrected chi connectivity index (χ3v) is 8.96. The monoisotopic (exact) mass is 394 g/mol. The average molecular weight is 395 g/mol. The van der Waals surface area contributed by atoms with E-state index in [0.29, 0.717) is 16.7 Å². The van der Waals surface area contributed by atoms with Gasteiger partial charge in [0.15, 0.2) is 0 Å². The summed E-state index contributed by atoms with van der Waals surface area (Å²) < 4.78 is 0. The van der Waals surface area contributed by atoms with Crippen molar-refractivity contribution in [3.8, 4) is 0 Å². The second-order valence-electron chi connectivity index (χ2n) is 11.4. The Kier molecular flexibility index (Phi) is 7.34. The Hall–Kier alpha value is -1.04. The summed E-state index contributed by atoms with van der Waals surface area (Å²) in [5.41, 5.74) is 5.64. The van der Waals surface area contributed by atoms with Gasteiger partial charge < -0.3 is 0 Å². The molecule has 3 fully saturated rings. The minimum Gasteiger partial charge on any atom is -0.0953 e. The van der Waals surface area contributed by atoms with Crippen LogP contribution in [0.25, 0.3) is 0 Å². The fourth-order valence-corrected chi connectivity index (χ4v) is 6.19. The van der Waals surface area contributed by atoms with Gasteiger partial charge in [0.25, 0.3) is 0 Å². The predicted molar refractivity (Wildman–Crippen MR) is 129 cm³/mol.